The van der Waals surface area contributed by atoms with Gasteiger partial charge in [-0.3, -0.25) is 0 Å². The minimum atomic E-state index is -0.546. The summed E-state index contributed by atoms with van der Waals surface area (Å²) >= 11 is 0. The fourth-order valence-electron chi connectivity index (χ4n) is 0.292. The zero-order chi connectivity index (χ0) is 8.04. The van der Waals surface area contributed by atoms with Gasteiger partial charge in [0.15, 0.2) is 0 Å². The number of ether oxygens (including phenoxy) is 2. The molecule has 0 radical (unpaired) electrons. The van der Waals surface area contributed by atoms with Crippen LogP contribution in [0.4, 0.5) is 0 Å². The Morgan fingerprint density at radius 3 is 2.40 bits per heavy atom. The van der Waals surface area contributed by atoms with E-state index in [4.69, 9.17) is 9.47 Å². The van der Waals surface area contributed by atoms with E-state index < -0.39 is 5.79 Å². The molecule has 0 heterocycles. The SMILES string of the molecule is CC=C=COC(C)(C)OC. The Morgan fingerprint density at radius 2 is 2.00 bits per heavy atom. The first kappa shape index (κ1) is 9.28. The second kappa shape index (κ2) is 4.15. The van der Waals surface area contributed by atoms with Crippen LogP contribution in [0.3, 0.4) is 0 Å². The molecule has 10 heavy (non-hydrogen) atoms. The average Bonchev–Trinajstić information content (AvgIpc) is 1.89. The van der Waals surface area contributed by atoms with Gasteiger partial charge in [-0.25, -0.2) is 0 Å². The lowest BCUT2D eigenvalue weighted by Gasteiger charge is -2.20. The highest BCUT2D eigenvalue weighted by Crippen LogP contribution is 2.08. The number of methoxy groups -OCH3 is 1. The maximum atomic E-state index is 5.13. The molecule has 0 unspecified atom stereocenters. The van der Waals surface area contributed by atoms with E-state index >= 15 is 0 Å². The Kier molecular flexibility index (Phi) is 3.85. The zero-order valence-electron chi connectivity index (χ0n) is 6.97. The molecule has 58 valence electrons. The first-order chi connectivity index (χ1) is 4.62. The average molecular weight is 142 g/mol. The molecule has 2 nitrogen and oxygen atoms in total. The van der Waals surface area contributed by atoms with Crippen molar-refractivity contribution >= 4 is 0 Å². The molecular formula is C8H14O2. The number of hydrogen-bond acceptors (Lipinski definition) is 2. The molecule has 0 spiro atoms. The molecule has 0 aliphatic carbocycles. The number of allylic oxidation sites excluding steroid dienone is 1. The molecule has 0 aliphatic heterocycles. The molecule has 0 saturated heterocycles. The van der Waals surface area contributed by atoms with Gasteiger partial charge < -0.3 is 9.47 Å². The van der Waals surface area contributed by atoms with Crippen molar-refractivity contribution < 1.29 is 9.47 Å². The maximum absolute atomic E-state index is 5.13. The first-order valence-corrected chi connectivity index (χ1v) is 3.21. The maximum Gasteiger partial charge on any atom is 0.204 e. The van der Waals surface area contributed by atoms with Gasteiger partial charge >= 0.3 is 0 Å². The summed E-state index contributed by atoms with van der Waals surface area (Å²) in [5, 5.41) is 0. The van der Waals surface area contributed by atoms with E-state index in [2.05, 4.69) is 5.73 Å². The van der Waals surface area contributed by atoms with Gasteiger partial charge in [0, 0.05) is 21.0 Å². The van der Waals surface area contributed by atoms with Crippen molar-refractivity contribution in [2.45, 2.75) is 26.6 Å². The van der Waals surface area contributed by atoms with Crippen molar-refractivity contribution in [1.29, 1.82) is 0 Å². The Labute approximate surface area is 62.1 Å². The van der Waals surface area contributed by atoms with Crippen LogP contribution in [0.2, 0.25) is 0 Å². The highest BCUT2D eigenvalue weighted by Gasteiger charge is 2.14. The van der Waals surface area contributed by atoms with Gasteiger partial charge in [-0.05, 0) is 13.0 Å². The molecule has 0 aliphatic rings. The van der Waals surface area contributed by atoms with E-state index in [1.54, 1.807) is 13.2 Å². The molecule has 0 saturated carbocycles. The summed E-state index contributed by atoms with van der Waals surface area (Å²) in [6, 6.07) is 0. The molecule has 0 rings (SSSR count). The third-order valence-corrected chi connectivity index (χ3v) is 1.07. The van der Waals surface area contributed by atoms with Crippen molar-refractivity contribution in [2.24, 2.45) is 0 Å². The Bertz CT molecular complexity index is 141. The third kappa shape index (κ3) is 4.19. The second-order valence-corrected chi connectivity index (χ2v) is 2.29. The monoisotopic (exact) mass is 142 g/mol. The Morgan fingerprint density at radius 1 is 1.40 bits per heavy atom. The van der Waals surface area contributed by atoms with Crippen LogP contribution in [0.5, 0.6) is 0 Å². The van der Waals surface area contributed by atoms with E-state index in [-0.39, 0.29) is 0 Å². The van der Waals surface area contributed by atoms with Gasteiger partial charge in [0.1, 0.15) is 6.26 Å². The van der Waals surface area contributed by atoms with E-state index in [1.165, 1.54) is 6.26 Å². The van der Waals surface area contributed by atoms with Gasteiger partial charge in [0.25, 0.3) is 0 Å². The van der Waals surface area contributed by atoms with Crippen LogP contribution < -0.4 is 0 Å². The van der Waals surface area contributed by atoms with Crippen LogP contribution >= 0.6 is 0 Å². The van der Waals surface area contributed by atoms with Gasteiger partial charge in [-0.15, -0.1) is 0 Å². The standard InChI is InChI=1S/C8H14O2/c1-5-6-7-10-8(2,3)9-4/h5,7H,1-4H3. The second-order valence-electron chi connectivity index (χ2n) is 2.29. The summed E-state index contributed by atoms with van der Waals surface area (Å²) in [5.41, 5.74) is 2.79. The summed E-state index contributed by atoms with van der Waals surface area (Å²) < 4.78 is 10.1. The van der Waals surface area contributed by atoms with E-state index in [9.17, 15) is 0 Å². The molecular weight excluding hydrogens is 128 g/mol. The molecule has 0 bridgehead atoms. The first-order valence-electron chi connectivity index (χ1n) is 3.21. The van der Waals surface area contributed by atoms with Crippen LogP contribution in [0.15, 0.2) is 18.1 Å². The molecule has 0 aromatic heterocycles. The van der Waals surface area contributed by atoms with Crippen molar-refractivity contribution in [3.05, 3.63) is 18.1 Å². The fraction of sp³-hybridized carbons (Fsp3) is 0.625. The van der Waals surface area contributed by atoms with Crippen LogP contribution in [-0.2, 0) is 9.47 Å². The van der Waals surface area contributed by atoms with Gasteiger partial charge in [0.05, 0.1) is 0 Å². The Balaban J connectivity index is 3.78. The molecule has 0 amide bonds. The summed E-state index contributed by atoms with van der Waals surface area (Å²) in [6.45, 7) is 5.54. The lowest BCUT2D eigenvalue weighted by atomic mass is 10.4. The zero-order valence-corrected chi connectivity index (χ0v) is 6.97. The van der Waals surface area contributed by atoms with Gasteiger partial charge in [-0.2, -0.15) is 0 Å². The van der Waals surface area contributed by atoms with Crippen LogP contribution in [0.25, 0.3) is 0 Å². The fourth-order valence-corrected chi connectivity index (χ4v) is 0.292. The van der Waals surface area contributed by atoms with Gasteiger partial charge in [-0.1, -0.05) is 5.73 Å². The molecule has 0 aromatic carbocycles. The Hall–Kier alpha value is -0.720. The highest BCUT2D eigenvalue weighted by molar-refractivity contribution is 4.75. The van der Waals surface area contributed by atoms with Crippen molar-refractivity contribution in [1.82, 2.24) is 0 Å². The summed E-state index contributed by atoms with van der Waals surface area (Å²) in [5.74, 6) is -0.546. The predicted octanol–water partition coefficient (Wildman–Crippen LogP) is 2.07. The smallest absolute Gasteiger partial charge is 0.204 e. The normalized spacial score (nSPS) is 10.0. The number of hydrogen-bond donors (Lipinski definition) is 0. The minimum Gasteiger partial charge on any atom is -0.462 e. The van der Waals surface area contributed by atoms with Crippen LogP contribution in [0.1, 0.15) is 20.8 Å². The predicted molar refractivity (Wildman–Crippen MR) is 40.5 cm³/mol. The van der Waals surface area contributed by atoms with Crippen LogP contribution in [-0.4, -0.2) is 12.9 Å². The number of rotatable bonds is 3. The summed E-state index contributed by atoms with van der Waals surface area (Å²) in [7, 11) is 1.60. The van der Waals surface area contributed by atoms with Crippen molar-refractivity contribution in [3.8, 4) is 0 Å². The van der Waals surface area contributed by atoms with Gasteiger partial charge in [0.2, 0.25) is 5.79 Å². The quantitative estimate of drug-likeness (QED) is 0.341. The minimum absolute atomic E-state index is 0.546. The molecule has 0 atom stereocenters. The van der Waals surface area contributed by atoms with Crippen molar-refractivity contribution in [2.75, 3.05) is 7.11 Å². The summed E-state index contributed by atoms with van der Waals surface area (Å²) in [4.78, 5) is 0. The lowest BCUT2D eigenvalue weighted by Crippen LogP contribution is -2.23. The van der Waals surface area contributed by atoms with E-state index in [0.29, 0.717) is 0 Å². The summed E-state index contributed by atoms with van der Waals surface area (Å²) in [6.07, 6.45) is 3.26. The largest absolute Gasteiger partial charge is 0.462 e. The highest BCUT2D eigenvalue weighted by atomic mass is 16.7. The van der Waals surface area contributed by atoms with Crippen molar-refractivity contribution in [3.63, 3.8) is 0 Å². The molecule has 0 aromatic rings. The molecule has 2 heteroatoms. The van der Waals surface area contributed by atoms with Crippen LogP contribution in [0, 0.1) is 0 Å². The van der Waals surface area contributed by atoms with E-state index in [0.717, 1.165) is 0 Å². The topological polar surface area (TPSA) is 18.5 Å². The molecule has 0 fully saturated rings. The third-order valence-electron chi connectivity index (χ3n) is 1.07. The van der Waals surface area contributed by atoms with E-state index in [1.807, 2.05) is 20.8 Å². The lowest BCUT2D eigenvalue weighted by molar-refractivity contribution is -0.161. The molecule has 0 N–H and O–H groups in total.